The van der Waals surface area contributed by atoms with E-state index in [0.717, 1.165) is 14.7 Å². The van der Waals surface area contributed by atoms with Gasteiger partial charge in [0.2, 0.25) is 0 Å². The zero-order chi connectivity index (χ0) is 13.0. The molecule has 0 fully saturated rings. The molecule has 0 amide bonds. The summed E-state index contributed by atoms with van der Waals surface area (Å²) in [5, 5.41) is 0. The second-order valence-electron chi connectivity index (χ2n) is 3.54. The van der Waals surface area contributed by atoms with Crippen LogP contribution in [0.4, 0.5) is 0 Å². The van der Waals surface area contributed by atoms with E-state index >= 15 is 0 Å². The molecule has 0 aliphatic heterocycles. The van der Waals surface area contributed by atoms with Gasteiger partial charge >= 0.3 is 109 Å². The molecule has 1 rings (SSSR count). The minimum atomic E-state index is -2.67. The zero-order valence-corrected chi connectivity index (χ0v) is 12.4. The molecular weight excluding hydrogens is 335 g/mol. The topological polar surface area (TPSA) is 52.6 Å². The summed E-state index contributed by atoms with van der Waals surface area (Å²) in [6, 6.07) is 5.68. The third-order valence-corrected chi connectivity index (χ3v) is 6.22. The van der Waals surface area contributed by atoms with Crippen molar-refractivity contribution in [2.75, 3.05) is 0 Å². The van der Waals surface area contributed by atoms with Gasteiger partial charge in [-0.3, -0.25) is 0 Å². The van der Waals surface area contributed by atoms with Gasteiger partial charge in [-0.1, -0.05) is 0 Å². The molecule has 1 aromatic carbocycles. The number of aryl methyl sites for hydroxylation is 1. The molecule has 0 saturated carbocycles. The summed E-state index contributed by atoms with van der Waals surface area (Å²) in [6.45, 7) is 6.54. The predicted octanol–water partition coefficient (Wildman–Crippen LogP) is 2.94. The molecule has 0 saturated heterocycles. The Kier molecular flexibility index (Phi) is 4.92. The SMILES string of the molecule is CC(=O)OI(OC(C)=O)c1cccc(C)c1C. The van der Waals surface area contributed by atoms with Crippen molar-refractivity contribution in [1.82, 2.24) is 0 Å². The van der Waals surface area contributed by atoms with E-state index in [1.165, 1.54) is 13.8 Å². The number of carbonyl (C=O) groups is 2. The van der Waals surface area contributed by atoms with E-state index < -0.39 is 32.6 Å². The monoisotopic (exact) mass is 350 g/mol. The number of hydrogen-bond acceptors (Lipinski definition) is 4. The van der Waals surface area contributed by atoms with Crippen LogP contribution in [0.5, 0.6) is 0 Å². The van der Waals surface area contributed by atoms with Crippen molar-refractivity contribution in [3.63, 3.8) is 0 Å². The van der Waals surface area contributed by atoms with Crippen molar-refractivity contribution in [2.24, 2.45) is 0 Å². The first-order chi connectivity index (χ1) is 7.91. The van der Waals surface area contributed by atoms with Crippen molar-refractivity contribution < 1.29 is 15.7 Å². The average molecular weight is 350 g/mol. The van der Waals surface area contributed by atoms with Gasteiger partial charge in [0.1, 0.15) is 0 Å². The summed E-state index contributed by atoms with van der Waals surface area (Å²) < 4.78 is 11.2. The van der Waals surface area contributed by atoms with Crippen molar-refractivity contribution in [1.29, 1.82) is 0 Å². The summed E-state index contributed by atoms with van der Waals surface area (Å²) in [6.07, 6.45) is 0. The number of carbonyl (C=O) groups excluding carboxylic acids is 2. The van der Waals surface area contributed by atoms with Crippen LogP contribution in [0.1, 0.15) is 25.0 Å². The fourth-order valence-electron chi connectivity index (χ4n) is 1.18. The van der Waals surface area contributed by atoms with E-state index in [2.05, 4.69) is 0 Å². The van der Waals surface area contributed by atoms with E-state index in [-0.39, 0.29) is 0 Å². The molecule has 94 valence electrons. The zero-order valence-electron chi connectivity index (χ0n) is 10.2. The van der Waals surface area contributed by atoms with Gasteiger partial charge in [-0.15, -0.1) is 0 Å². The van der Waals surface area contributed by atoms with Gasteiger partial charge in [-0.25, -0.2) is 0 Å². The molecule has 0 unspecified atom stereocenters. The van der Waals surface area contributed by atoms with Crippen molar-refractivity contribution in [3.05, 3.63) is 32.9 Å². The summed E-state index contributed by atoms with van der Waals surface area (Å²) in [4.78, 5) is 22.1. The summed E-state index contributed by atoms with van der Waals surface area (Å²) in [5.74, 6) is -0.838. The Morgan fingerprint density at radius 2 is 1.59 bits per heavy atom. The molecule has 0 N–H and O–H groups in total. The molecule has 0 aliphatic rings. The molecule has 0 bridgehead atoms. The molecule has 0 spiro atoms. The summed E-state index contributed by atoms with van der Waals surface area (Å²) in [7, 11) is 0. The van der Waals surface area contributed by atoms with Crippen LogP contribution in [0.2, 0.25) is 0 Å². The standard InChI is InChI=1S/C12H15IO4/c1-8-6-5-7-12(9(8)2)13(16-10(3)14)17-11(4)15/h5-7H,1-4H3. The van der Waals surface area contributed by atoms with Crippen LogP contribution in [0.15, 0.2) is 18.2 Å². The molecule has 0 atom stereocenters. The van der Waals surface area contributed by atoms with Gasteiger partial charge in [-0.2, -0.15) is 0 Å². The number of halogens is 1. The fraction of sp³-hybridized carbons (Fsp3) is 0.333. The molecule has 5 heteroatoms. The van der Waals surface area contributed by atoms with Crippen LogP contribution >= 0.6 is 20.6 Å². The van der Waals surface area contributed by atoms with E-state index in [1.807, 2.05) is 32.0 Å². The van der Waals surface area contributed by atoms with E-state index in [1.54, 1.807) is 0 Å². The van der Waals surface area contributed by atoms with Crippen LogP contribution in [0.3, 0.4) is 0 Å². The van der Waals surface area contributed by atoms with Gasteiger partial charge in [0.15, 0.2) is 0 Å². The first kappa shape index (κ1) is 14.0. The Morgan fingerprint density at radius 3 is 2.06 bits per heavy atom. The molecule has 1 aromatic rings. The molecule has 17 heavy (non-hydrogen) atoms. The predicted molar refractivity (Wildman–Crippen MR) is 72.2 cm³/mol. The Balaban J connectivity index is 3.07. The Hall–Kier alpha value is -1.11. The maximum absolute atomic E-state index is 11.0. The molecule has 4 nitrogen and oxygen atoms in total. The minimum absolute atomic E-state index is 0.419. The number of rotatable bonds is 3. The number of hydrogen-bond donors (Lipinski definition) is 0. The van der Waals surface area contributed by atoms with Crippen LogP contribution in [-0.2, 0) is 15.7 Å². The van der Waals surface area contributed by atoms with Gasteiger partial charge in [0.05, 0.1) is 0 Å². The van der Waals surface area contributed by atoms with Gasteiger partial charge in [-0.05, 0) is 0 Å². The number of benzene rings is 1. The molecule has 0 aromatic heterocycles. The quantitative estimate of drug-likeness (QED) is 0.787. The molecule has 0 aliphatic carbocycles. The second kappa shape index (κ2) is 6.00. The Labute approximate surface area is 109 Å². The van der Waals surface area contributed by atoms with Crippen molar-refractivity contribution in [3.8, 4) is 0 Å². The first-order valence-corrected chi connectivity index (χ1v) is 7.90. The maximum atomic E-state index is 11.0. The van der Waals surface area contributed by atoms with E-state index in [0.29, 0.717) is 0 Å². The van der Waals surface area contributed by atoms with E-state index in [9.17, 15) is 9.59 Å². The van der Waals surface area contributed by atoms with Crippen LogP contribution in [0.25, 0.3) is 0 Å². The van der Waals surface area contributed by atoms with Crippen molar-refractivity contribution in [2.45, 2.75) is 27.7 Å². The Bertz CT molecular complexity index is 426. The van der Waals surface area contributed by atoms with Crippen molar-refractivity contribution >= 4 is 32.6 Å². The third kappa shape index (κ3) is 3.99. The first-order valence-electron chi connectivity index (χ1n) is 5.06. The van der Waals surface area contributed by atoms with Crippen LogP contribution in [0, 0.1) is 17.4 Å². The molecule has 0 heterocycles. The molecule has 0 radical (unpaired) electrons. The normalized spacial score (nSPS) is 10.7. The van der Waals surface area contributed by atoms with Gasteiger partial charge in [0, 0.05) is 0 Å². The summed E-state index contributed by atoms with van der Waals surface area (Å²) in [5.41, 5.74) is 2.10. The Morgan fingerprint density at radius 1 is 1.06 bits per heavy atom. The van der Waals surface area contributed by atoms with Gasteiger partial charge in [0.25, 0.3) is 0 Å². The third-order valence-electron chi connectivity index (χ3n) is 2.06. The van der Waals surface area contributed by atoms with Crippen LogP contribution < -0.4 is 0 Å². The average Bonchev–Trinajstić information content (AvgIpc) is 2.19. The van der Waals surface area contributed by atoms with E-state index in [4.69, 9.17) is 6.13 Å². The van der Waals surface area contributed by atoms with Crippen LogP contribution in [-0.4, -0.2) is 11.9 Å². The molecular formula is C12H15IO4. The fourth-order valence-corrected chi connectivity index (χ4v) is 4.46. The summed E-state index contributed by atoms with van der Waals surface area (Å²) >= 11 is -2.67. The second-order valence-corrected chi connectivity index (χ2v) is 6.82. The van der Waals surface area contributed by atoms with Gasteiger partial charge < -0.3 is 0 Å².